The van der Waals surface area contributed by atoms with Crippen molar-refractivity contribution in [3.8, 4) is 0 Å². The predicted molar refractivity (Wildman–Crippen MR) is 74.0 cm³/mol. The maximum Gasteiger partial charge on any atom is 0.378 e. The van der Waals surface area contributed by atoms with E-state index in [1.807, 2.05) is 0 Å². The molecule has 0 aliphatic rings. The number of carbonyl (C=O) groups is 3. The van der Waals surface area contributed by atoms with Crippen LogP contribution in [0, 0.1) is 0 Å². The molecular weight excluding hydrogens is 262 g/mol. The van der Waals surface area contributed by atoms with Gasteiger partial charge in [0.2, 0.25) is 5.78 Å². The Hall–Kier alpha value is -1.95. The maximum atomic E-state index is 12.3. The fraction of sp³-hybridized carbons (Fsp3) is 0.500. The van der Waals surface area contributed by atoms with E-state index in [2.05, 4.69) is 6.58 Å². The van der Waals surface area contributed by atoms with E-state index in [0.717, 1.165) is 12.2 Å². The molecule has 0 saturated heterocycles. The lowest BCUT2D eigenvalue weighted by Crippen LogP contribution is -2.65. The van der Waals surface area contributed by atoms with Crippen molar-refractivity contribution in [2.45, 2.75) is 19.4 Å². The van der Waals surface area contributed by atoms with Crippen molar-refractivity contribution in [1.29, 1.82) is 0 Å². The maximum absolute atomic E-state index is 12.3. The van der Waals surface area contributed by atoms with Crippen molar-refractivity contribution in [3.63, 3.8) is 0 Å². The highest BCUT2D eigenvalue weighted by molar-refractivity contribution is 6.16. The second-order valence-corrected chi connectivity index (χ2v) is 5.28. The van der Waals surface area contributed by atoms with Gasteiger partial charge in [-0.15, -0.1) is 0 Å². The molecule has 0 saturated carbocycles. The molecule has 0 aromatic carbocycles. The smallest absolute Gasteiger partial charge is 0.378 e. The van der Waals surface area contributed by atoms with E-state index >= 15 is 0 Å². The Morgan fingerprint density at radius 1 is 1.30 bits per heavy atom. The summed E-state index contributed by atoms with van der Waals surface area (Å²) in [5.41, 5.74) is -1.81. The lowest BCUT2D eigenvalue weighted by molar-refractivity contribution is -0.895. The number of rotatable bonds is 7. The van der Waals surface area contributed by atoms with Gasteiger partial charge in [0.05, 0.1) is 27.7 Å². The monoisotopic (exact) mass is 284 g/mol. The van der Waals surface area contributed by atoms with E-state index in [1.165, 1.54) is 6.92 Å². The number of ether oxygens (including phenoxy) is 1. The molecule has 1 unspecified atom stereocenters. The van der Waals surface area contributed by atoms with Crippen molar-refractivity contribution in [2.75, 3.05) is 27.7 Å². The molecule has 112 valence electrons. The molecule has 0 rings (SSSR count). The van der Waals surface area contributed by atoms with Gasteiger partial charge in [0, 0.05) is 12.2 Å². The summed E-state index contributed by atoms with van der Waals surface area (Å²) in [6.07, 6.45) is 2.05. The van der Waals surface area contributed by atoms with Gasteiger partial charge in [-0.25, -0.2) is 9.59 Å². The van der Waals surface area contributed by atoms with Gasteiger partial charge < -0.3 is 14.3 Å². The van der Waals surface area contributed by atoms with Crippen LogP contribution in [0.2, 0.25) is 0 Å². The van der Waals surface area contributed by atoms with E-state index in [0.29, 0.717) is 0 Å². The zero-order chi connectivity index (χ0) is 16.1. The Balaban J connectivity index is 5.92. The molecule has 0 aromatic rings. The highest BCUT2D eigenvalue weighted by Crippen LogP contribution is 2.26. The van der Waals surface area contributed by atoms with Crippen LogP contribution in [0.3, 0.4) is 0 Å². The quantitative estimate of drug-likeness (QED) is 0.323. The van der Waals surface area contributed by atoms with Crippen LogP contribution in [0.15, 0.2) is 24.3 Å². The van der Waals surface area contributed by atoms with Gasteiger partial charge in [-0.1, -0.05) is 6.58 Å². The zero-order valence-electron chi connectivity index (χ0n) is 12.6. The van der Waals surface area contributed by atoms with Gasteiger partial charge >= 0.3 is 11.9 Å². The van der Waals surface area contributed by atoms with Crippen LogP contribution in [0.4, 0.5) is 0 Å². The summed E-state index contributed by atoms with van der Waals surface area (Å²) in [5, 5.41) is 9.54. The summed E-state index contributed by atoms with van der Waals surface area (Å²) in [7, 11) is 4.68. The average molecular weight is 284 g/mol. The van der Waals surface area contributed by atoms with Crippen molar-refractivity contribution in [3.05, 3.63) is 24.3 Å². The number of aliphatic carboxylic acids is 1. The highest BCUT2D eigenvalue weighted by Gasteiger charge is 2.55. The lowest BCUT2D eigenvalue weighted by Gasteiger charge is -2.39. The molecule has 0 radical (unpaired) electrons. The first kappa shape index (κ1) is 18.0. The van der Waals surface area contributed by atoms with E-state index in [-0.39, 0.29) is 16.7 Å². The van der Waals surface area contributed by atoms with Gasteiger partial charge in [-0.05, 0) is 19.4 Å². The molecule has 1 N–H and O–H groups in total. The summed E-state index contributed by atoms with van der Waals surface area (Å²) < 4.78 is 4.49. The fourth-order valence-electron chi connectivity index (χ4n) is 1.76. The summed E-state index contributed by atoms with van der Waals surface area (Å²) in [6, 6.07) is 0. The van der Waals surface area contributed by atoms with Gasteiger partial charge in [0.25, 0.3) is 5.54 Å². The number of carboxylic acid groups (broad SMARTS) is 1. The van der Waals surface area contributed by atoms with Crippen LogP contribution in [-0.4, -0.2) is 60.6 Å². The number of ketones is 1. The van der Waals surface area contributed by atoms with E-state index < -0.39 is 23.3 Å². The first-order valence-corrected chi connectivity index (χ1v) is 6.12. The van der Waals surface area contributed by atoms with Crippen molar-refractivity contribution in [1.82, 2.24) is 0 Å². The minimum Gasteiger partial charge on any atom is -0.476 e. The Kier molecular flexibility index (Phi) is 5.84. The second kappa shape index (κ2) is 6.47. The minimum atomic E-state index is -1.92. The zero-order valence-corrected chi connectivity index (χ0v) is 12.6. The second-order valence-electron chi connectivity index (χ2n) is 5.28. The number of Topliss-reactive ketones (excluding diaryl/α,β-unsaturated/α-hetero) is 1. The number of esters is 1. The van der Waals surface area contributed by atoms with Crippen LogP contribution in [0.25, 0.3) is 0 Å². The van der Waals surface area contributed by atoms with Gasteiger partial charge in [-0.3, -0.25) is 4.79 Å². The SMILES string of the molecule is C=C(C)C(=O)C(C=CC(=O)OCC)(C(=O)O)[N+](C)(C)C. The van der Waals surface area contributed by atoms with Gasteiger partial charge in [0.1, 0.15) is 0 Å². The number of carbonyl (C=O) groups excluding carboxylic acids is 2. The van der Waals surface area contributed by atoms with Crippen LogP contribution >= 0.6 is 0 Å². The third-order valence-electron chi connectivity index (χ3n) is 2.87. The number of hydrogen-bond acceptors (Lipinski definition) is 4. The van der Waals surface area contributed by atoms with Crippen molar-refractivity contribution < 1.29 is 28.7 Å². The number of nitrogens with zero attached hydrogens (tertiary/aromatic N) is 1. The van der Waals surface area contributed by atoms with Crippen molar-refractivity contribution >= 4 is 17.7 Å². The summed E-state index contributed by atoms with van der Waals surface area (Å²) in [6.45, 7) is 6.75. The standard InChI is InChI=1S/C14H21NO5/c1-7-20-11(16)8-9-14(13(18)19,15(4,5)6)12(17)10(2)3/h8-9H,2,7H2,1,3-6H3/p+1. The molecule has 0 heterocycles. The number of carboxylic acids is 1. The van der Waals surface area contributed by atoms with E-state index in [1.54, 1.807) is 28.1 Å². The molecule has 0 fully saturated rings. The topological polar surface area (TPSA) is 80.7 Å². The molecule has 0 amide bonds. The number of hydrogen-bond donors (Lipinski definition) is 1. The van der Waals surface area contributed by atoms with Gasteiger partial charge in [-0.2, -0.15) is 0 Å². The molecule has 0 aliphatic carbocycles. The number of likely N-dealkylation sites (N-methyl/N-ethyl adjacent to an activating group) is 1. The normalized spacial score (nSPS) is 14.7. The molecule has 0 spiro atoms. The van der Waals surface area contributed by atoms with Crippen LogP contribution in [0.1, 0.15) is 13.8 Å². The molecule has 20 heavy (non-hydrogen) atoms. The molecule has 6 heteroatoms. The fourth-order valence-corrected chi connectivity index (χ4v) is 1.76. The van der Waals surface area contributed by atoms with Crippen LogP contribution in [-0.2, 0) is 19.1 Å². The van der Waals surface area contributed by atoms with E-state index in [9.17, 15) is 19.5 Å². The largest absolute Gasteiger partial charge is 0.476 e. The molecule has 0 bridgehead atoms. The van der Waals surface area contributed by atoms with Crippen LogP contribution in [0.5, 0.6) is 0 Å². The highest BCUT2D eigenvalue weighted by atomic mass is 16.5. The van der Waals surface area contributed by atoms with E-state index in [4.69, 9.17) is 4.74 Å². The molecule has 1 atom stereocenters. The van der Waals surface area contributed by atoms with Crippen molar-refractivity contribution in [2.24, 2.45) is 0 Å². The van der Waals surface area contributed by atoms with Gasteiger partial charge in [0.15, 0.2) is 0 Å². The Morgan fingerprint density at radius 3 is 2.10 bits per heavy atom. The summed E-state index contributed by atoms with van der Waals surface area (Å²) >= 11 is 0. The van der Waals surface area contributed by atoms with Crippen LogP contribution < -0.4 is 0 Å². The Labute approximate surface area is 118 Å². The summed E-state index contributed by atoms with van der Waals surface area (Å²) in [5.74, 6) is -2.70. The molecular formula is C14H22NO5+. The average Bonchev–Trinajstić information content (AvgIpc) is 2.27. The summed E-state index contributed by atoms with van der Waals surface area (Å²) in [4.78, 5) is 35.4. The third-order valence-corrected chi connectivity index (χ3v) is 2.87. The number of quaternary nitrogens is 1. The molecule has 6 nitrogen and oxygen atoms in total. The first-order valence-electron chi connectivity index (χ1n) is 6.12. The Morgan fingerprint density at radius 2 is 1.80 bits per heavy atom. The third kappa shape index (κ3) is 3.54. The molecule has 0 aliphatic heterocycles. The first-order chi connectivity index (χ1) is 9.00. The molecule has 0 aromatic heterocycles. The Bertz CT molecular complexity index is 459. The minimum absolute atomic E-state index is 0.106. The predicted octanol–water partition coefficient (Wildman–Crippen LogP) is 0.781. The lowest BCUT2D eigenvalue weighted by atomic mass is 9.86.